The van der Waals surface area contributed by atoms with Crippen LogP contribution in [-0.2, 0) is 4.74 Å². The van der Waals surface area contributed by atoms with E-state index in [4.69, 9.17) is 10.5 Å². The topological polar surface area (TPSA) is 55.5 Å². The predicted molar refractivity (Wildman–Crippen MR) is 80.2 cm³/mol. The van der Waals surface area contributed by atoms with Crippen LogP contribution in [-0.4, -0.2) is 30.0 Å². The number of aliphatic hydroxyl groups is 1. The highest BCUT2D eigenvalue weighted by molar-refractivity contribution is 4.85. The molecule has 1 aliphatic rings. The van der Waals surface area contributed by atoms with Crippen molar-refractivity contribution >= 4 is 0 Å². The molecule has 0 amide bonds. The molecule has 0 aromatic heterocycles. The standard InChI is InChI=1S/C16H33NO2/c1-2-3-4-5-6-7-8-9-10-11-12-15-16(18)14(17)13-19-15/h14-16,18H,2-13,17H2,1H3. The van der Waals surface area contributed by atoms with Crippen molar-refractivity contribution in [2.24, 2.45) is 5.73 Å². The quantitative estimate of drug-likeness (QED) is 0.566. The van der Waals surface area contributed by atoms with Crippen molar-refractivity contribution in [3.8, 4) is 0 Å². The maximum Gasteiger partial charge on any atom is 0.0974 e. The van der Waals surface area contributed by atoms with E-state index in [2.05, 4.69) is 6.92 Å². The normalized spacial score (nSPS) is 27.0. The van der Waals surface area contributed by atoms with Crippen molar-refractivity contribution in [3.05, 3.63) is 0 Å². The maximum atomic E-state index is 9.75. The summed E-state index contributed by atoms with van der Waals surface area (Å²) < 4.78 is 5.49. The van der Waals surface area contributed by atoms with Gasteiger partial charge in [-0.3, -0.25) is 0 Å². The molecule has 19 heavy (non-hydrogen) atoms. The second-order valence-corrected chi connectivity index (χ2v) is 6.00. The molecule has 1 heterocycles. The summed E-state index contributed by atoms with van der Waals surface area (Å²) >= 11 is 0. The fourth-order valence-corrected chi connectivity index (χ4v) is 2.79. The number of nitrogens with two attached hydrogens (primary N) is 1. The van der Waals surface area contributed by atoms with Crippen molar-refractivity contribution in [1.82, 2.24) is 0 Å². The fraction of sp³-hybridized carbons (Fsp3) is 1.00. The van der Waals surface area contributed by atoms with E-state index in [0.717, 1.165) is 12.8 Å². The van der Waals surface area contributed by atoms with Gasteiger partial charge in [0.05, 0.1) is 24.9 Å². The molecule has 1 aliphatic heterocycles. The lowest BCUT2D eigenvalue weighted by molar-refractivity contribution is 0.0342. The largest absolute Gasteiger partial charge is 0.389 e. The van der Waals surface area contributed by atoms with Crippen LogP contribution >= 0.6 is 0 Å². The molecule has 1 fully saturated rings. The number of hydrogen-bond donors (Lipinski definition) is 2. The van der Waals surface area contributed by atoms with Gasteiger partial charge < -0.3 is 15.6 Å². The van der Waals surface area contributed by atoms with E-state index in [1.165, 1.54) is 57.8 Å². The van der Waals surface area contributed by atoms with Crippen molar-refractivity contribution in [2.75, 3.05) is 6.61 Å². The Morgan fingerprint density at radius 3 is 1.95 bits per heavy atom. The highest BCUT2D eigenvalue weighted by Crippen LogP contribution is 2.19. The molecule has 1 rings (SSSR count). The molecule has 0 aromatic rings. The third kappa shape index (κ3) is 7.28. The summed E-state index contributed by atoms with van der Waals surface area (Å²) in [4.78, 5) is 0. The molecule has 0 radical (unpaired) electrons. The first-order valence-electron chi connectivity index (χ1n) is 8.31. The summed E-state index contributed by atoms with van der Waals surface area (Å²) in [5.41, 5.74) is 5.71. The Morgan fingerprint density at radius 1 is 0.947 bits per heavy atom. The minimum atomic E-state index is -0.446. The van der Waals surface area contributed by atoms with Crippen molar-refractivity contribution in [3.63, 3.8) is 0 Å². The van der Waals surface area contributed by atoms with Crippen LogP contribution in [0, 0.1) is 0 Å². The zero-order chi connectivity index (χ0) is 13.9. The van der Waals surface area contributed by atoms with E-state index in [0.29, 0.717) is 6.61 Å². The molecule has 0 saturated carbocycles. The Kier molecular flexibility index (Phi) is 9.48. The summed E-state index contributed by atoms with van der Waals surface area (Å²) in [5.74, 6) is 0. The van der Waals surface area contributed by atoms with Crippen LogP contribution in [0.4, 0.5) is 0 Å². The molecule has 3 N–H and O–H groups in total. The van der Waals surface area contributed by atoms with Gasteiger partial charge in [-0.05, 0) is 6.42 Å². The smallest absolute Gasteiger partial charge is 0.0974 e. The highest BCUT2D eigenvalue weighted by atomic mass is 16.5. The highest BCUT2D eigenvalue weighted by Gasteiger charge is 2.32. The van der Waals surface area contributed by atoms with Crippen LogP contribution in [0.1, 0.15) is 77.6 Å². The predicted octanol–water partition coefficient (Wildman–Crippen LogP) is 3.38. The van der Waals surface area contributed by atoms with Crippen LogP contribution in [0.5, 0.6) is 0 Å². The average molecular weight is 271 g/mol. The Bertz CT molecular complexity index is 211. The van der Waals surface area contributed by atoms with Crippen LogP contribution in [0.3, 0.4) is 0 Å². The van der Waals surface area contributed by atoms with Gasteiger partial charge in [0.2, 0.25) is 0 Å². The minimum Gasteiger partial charge on any atom is -0.389 e. The summed E-state index contributed by atoms with van der Waals surface area (Å²) in [6, 6.07) is -0.173. The third-order valence-corrected chi connectivity index (χ3v) is 4.16. The Labute approximate surface area is 118 Å². The fourth-order valence-electron chi connectivity index (χ4n) is 2.79. The second-order valence-electron chi connectivity index (χ2n) is 6.00. The zero-order valence-electron chi connectivity index (χ0n) is 12.7. The summed E-state index contributed by atoms with van der Waals surface area (Å²) in [5, 5.41) is 9.75. The molecular formula is C16H33NO2. The monoisotopic (exact) mass is 271 g/mol. The van der Waals surface area contributed by atoms with E-state index in [-0.39, 0.29) is 12.1 Å². The molecule has 3 heteroatoms. The minimum absolute atomic E-state index is 0.0101. The molecule has 3 atom stereocenters. The first-order valence-corrected chi connectivity index (χ1v) is 8.31. The lowest BCUT2D eigenvalue weighted by Gasteiger charge is -2.14. The van der Waals surface area contributed by atoms with Crippen LogP contribution in [0.25, 0.3) is 0 Å². The van der Waals surface area contributed by atoms with Gasteiger partial charge in [0.1, 0.15) is 0 Å². The Balaban J connectivity index is 1.81. The van der Waals surface area contributed by atoms with Gasteiger partial charge in [-0.25, -0.2) is 0 Å². The lowest BCUT2D eigenvalue weighted by Crippen LogP contribution is -2.36. The van der Waals surface area contributed by atoms with E-state index < -0.39 is 6.10 Å². The molecule has 3 nitrogen and oxygen atoms in total. The molecule has 114 valence electrons. The Morgan fingerprint density at radius 2 is 1.47 bits per heavy atom. The van der Waals surface area contributed by atoms with Crippen molar-refractivity contribution in [2.45, 2.75) is 95.8 Å². The number of ether oxygens (including phenoxy) is 1. The maximum absolute atomic E-state index is 9.75. The summed E-state index contributed by atoms with van der Waals surface area (Å²) in [6.45, 7) is 2.78. The second kappa shape index (κ2) is 10.6. The van der Waals surface area contributed by atoms with E-state index in [1.807, 2.05) is 0 Å². The van der Waals surface area contributed by atoms with Crippen LogP contribution in [0.15, 0.2) is 0 Å². The molecular weight excluding hydrogens is 238 g/mol. The number of unbranched alkanes of at least 4 members (excludes halogenated alkanes) is 9. The van der Waals surface area contributed by atoms with Gasteiger partial charge >= 0.3 is 0 Å². The van der Waals surface area contributed by atoms with E-state index in [9.17, 15) is 5.11 Å². The summed E-state index contributed by atoms with van der Waals surface area (Å²) in [6.07, 6.45) is 13.9. The molecule has 1 saturated heterocycles. The molecule has 0 spiro atoms. The molecule has 0 aliphatic carbocycles. The van der Waals surface area contributed by atoms with E-state index in [1.54, 1.807) is 0 Å². The Hall–Kier alpha value is -0.120. The van der Waals surface area contributed by atoms with Crippen LogP contribution in [0.2, 0.25) is 0 Å². The van der Waals surface area contributed by atoms with Gasteiger partial charge in [0.25, 0.3) is 0 Å². The number of rotatable bonds is 11. The average Bonchev–Trinajstić information content (AvgIpc) is 2.73. The zero-order valence-corrected chi connectivity index (χ0v) is 12.7. The molecule has 0 aromatic carbocycles. The number of hydrogen-bond acceptors (Lipinski definition) is 3. The van der Waals surface area contributed by atoms with Gasteiger partial charge in [-0.15, -0.1) is 0 Å². The SMILES string of the molecule is CCCCCCCCCCCCC1OCC(N)C1O. The van der Waals surface area contributed by atoms with Gasteiger partial charge in [0, 0.05) is 0 Å². The molecule has 3 unspecified atom stereocenters. The van der Waals surface area contributed by atoms with E-state index >= 15 is 0 Å². The first-order chi connectivity index (χ1) is 9.25. The molecule has 0 bridgehead atoms. The third-order valence-electron chi connectivity index (χ3n) is 4.16. The van der Waals surface area contributed by atoms with Gasteiger partial charge in [-0.1, -0.05) is 71.1 Å². The summed E-state index contributed by atoms with van der Waals surface area (Å²) in [7, 11) is 0. The van der Waals surface area contributed by atoms with Gasteiger partial charge in [-0.2, -0.15) is 0 Å². The number of aliphatic hydroxyl groups excluding tert-OH is 1. The first kappa shape index (κ1) is 16.9. The lowest BCUT2D eigenvalue weighted by atomic mass is 10.0. The van der Waals surface area contributed by atoms with Crippen molar-refractivity contribution in [1.29, 1.82) is 0 Å². The van der Waals surface area contributed by atoms with Crippen molar-refractivity contribution < 1.29 is 9.84 Å². The van der Waals surface area contributed by atoms with Crippen LogP contribution < -0.4 is 5.73 Å². The van der Waals surface area contributed by atoms with Gasteiger partial charge in [0.15, 0.2) is 0 Å².